The highest BCUT2D eigenvalue weighted by atomic mass is 19.4. The van der Waals surface area contributed by atoms with Crippen molar-refractivity contribution in [2.75, 3.05) is 17.2 Å². The fraction of sp³-hybridized carbons (Fsp3) is 0.333. The first kappa shape index (κ1) is 18.4. The fourth-order valence-corrected chi connectivity index (χ4v) is 2.04. The van der Waals surface area contributed by atoms with Gasteiger partial charge in [-0.2, -0.15) is 13.2 Å². The number of aromatic nitrogens is 2. The van der Waals surface area contributed by atoms with Crippen molar-refractivity contribution >= 4 is 23.0 Å². The molecule has 0 saturated heterocycles. The zero-order valence-corrected chi connectivity index (χ0v) is 13.3. The molecule has 0 aliphatic heterocycles. The van der Waals surface area contributed by atoms with Crippen LogP contribution in [0.5, 0.6) is 0 Å². The van der Waals surface area contributed by atoms with Crippen molar-refractivity contribution < 1.29 is 18.1 Å². The highest BCUT2D eigenvalue weighted by Crippen LogP contribution is 2.33. The Balaban J connectivity index is 2.26. The van der Waals surface area contributed by atoms with E-state index in [2.05, 4.69) is 20.6 Å². The first-order chi connectivity index (χ1) is 11.8. The number of halogens is 3. The van der Waals surface area contributed by atoms with Crippen LogP contribution in [0, 0.1) is 10.1 Å². The SMILES string of the molecule is CCCCNc1ncnc(Nc2ccc(C(F)(F)F)cc2)c1[N+](=O)[O-]. The van der Waals surface area contributed by atoms with Gasteiger partial charge >= 0.3 is 11.9 Å². The molecule has 2 N–H and O–H groups in total. The van der Waals surface area contributed by atoms with Crippen molar-refractivity contribution in [3.8, 4) is 0 Å². The minimum Gasteiger partial charge on any atom is -0.364 e. The Morgan fingerprint density at radius 2 is 1.80 bits per heavy atom. The standard InChI is InChI=1S/C15H16F3N5O2/c1-2-3-8-19-13-12(23(24)25)14(21-9-20-13)22-11-6-4-10(5-7-11)15(16,17)18/h4-7,9H,2-3,8H2,1H3,(H2,19,20,21,22). The zero-order valence-electron chi connectivity index (χ0n) is 13.3. The third kappa shape index (κ3) is 4.78. The van der Waals surface area contributed by atoms with Gasteiger partial charge in [-0.15, -0.1) is 0 Å². The number of hydrogen-bond acceptors (Lipinski definition) is 6. The lowest BCUT2D eigenvalue weighted by Gasteiger charge is -2.11. The molecular weight excluding hydrogens is 339 g/mol. The summed E-state index contributed by atoms with van der Waals surface area (Å²) in [7, 11) is 0. The quantitative estimate of drug-likeness (QED) is 0.435. The van der Waals surface area contributed by atoms with Gasteiger partial charge in [0, 0.05) is 12.2 Å². The molecular formula is C15H16F3N5O2. The second kappa shape index (κ2) is 7.77. The van der Waals surface area contributed by atoms with E-state index >= 15 is 0 Å². The summed E-state index contributed by atoms with van der Waals surface area (Å²) in [6.07, 6.45) is -1.59. The average Bonchev–Trinajstić information content (AvgIpc) is 2.54. The van der Waals surface area contributed by atoms with E-state index in [0.29, 0.717) is 6.54 Å². The number of nitrogens with one attached hydrogen (secondary N) is 2. The Morgan fingerprint density at radius 1 is 1.16 bits per heavy atom. The number of hydrogen-bond donors (Lipinski definition) is 2. The van der Waals surface area contributed by atoms with Gasteiger partial charge in [0.1, 0.15) is 6.33 Å². The summed E-state index contributed by atoms with van der Waals surface area (Å²) in [5.41, 5.74) is -0.926. The minimum absolute atomic E-state index is 0.0582. The van der Waals surface area contributed by atoms with Crippen molar-refractivity contribution in [3.05, 3.63) is 46.3 Å². The molecule has 10 heteroatoms. The van der Waals surface area contributed by atoms with E-state index in [-0.39, 0.29) is 23.0 Å². The van der Waals surface area contributed by atoms with Gasteiger partial charge in [0.15, 0.2) is 0 Å². The van der Waals surface area contributed by atoms with Crippen molar-refractivity contribution in [1.29, 1.82) is 0 Å². The Bertz CT molecular complexity index is 735. The molecule has 1 heterocycles. The van der Waals surface area contributed by atoms with E-state index in [9.17, 15) is 23.3 Å². The largest absolute Gasteiger partial charge is 0.416 e. The second-order valence-electron chi connectivity index (χ2n) is 5.16. The summed E-state index contributed by atoms with van der Waals surface area (Å²) in [4.78, 5) is 18.4. The molecule has 0 atom stereocenters. The molecule has 1 aromatic carbocycles. The van der Waals surface area contributed by atoms with E-state index in [1.807, 2.05) is 6.92 Å². The normalized spacial score (nSPS) is 11.2. The van der Waals surface area contributed by atoms with Gasteiger partial charge in [-0.3, -0.25) is 10.1 Å². The van der Waals surface area contributed by atoms with Crippen LogP contribution < -0.4 is 10.6 Å². The van der Waals surface area contributed by atoms with E-state index in [1.54, 1.807) is 0 Å². The number of nitro groups is 1. The predicted molar refractivity (Wildman–Crippen MR) is 86.8 cm³/mol. The van der Waals surface area contributed by atoms with Crippen LogP contribution in [0.4, 0.5) is 36.2 Å². The maximum Gasteiger partial charge on any atom is 0.416 e. The second-order valence-corrected chi connectivity index (χ2v) is 5.16. The lowest BCUT2D eigenvalue weighted by Crippen LogP contribution is -2.09. The molecule has 0 aliphatic carbocycles. The van der Waals surface area contributed by atoms with Crippen molar-refractivity contribution in [2.45, 2.75) is 25.9 Å². The number of benzene rings is 1. The Hall–Kier alpha value is -2.91. The van der Waals surface area contributed by atoms with Crippen LogP contribution in [0.3, 0.4) is 0 Å². The Labute approximate surface area is 141 Å². The highest BCUT2D eigenvalue weighted by molar-refractivity contribution is 5.73. The third-order valence-corrected chi connectivity index (χ3v) is 3.30. The van der Waals surface area contributed by atoms with Gasteiger partial charge in [0.2, 0.25) is 11.6 Å². The maximum atomic E-state index is 12.6. The van der Waals surface area contributed by atoms with Crippen LogP contribution >= 0.6 is 0 Å². The third-order valence-electron chi connectivity index (χ3n) is 3.30. The van der Waals surface area contributed by atoms with Crippen LogP contribution in [-0.2, 0) is 6.18 Å². The maximum absolute atomic E-state index is 12.6. The summed E-state index contributed by atoms with van der Waals surface area (Å²) in [6, 6.07) is 4.13. The number of rotatable bonds is 7. The molecule has 0 amide bonds. The molecule has 0 bridgehead atoms. The van der Waals surface area contributed by atoms with E-state index in [1.165, 1.54) is 12.1 Å². The Kier molecular flexibility index (Phi) is 5.73. The monoisotopic (exact) mass is 355 g/mol. The molecule has 2 rings (SSSR count). The van der Waals surface area contributed by atoms with Crippen LogP contribution in [-0.4, -0.2) is 21.4 Å². The van der Waals surface area contributed by atoms with E-state index in [0.717, 1.165) is 31.3 Å². The minimum atomic E-state index is -4.45. The molecule has 0 fully saturated rings. The van der Waals surface area contributed by atoms with Crippen LogP contribution in [0.15, 0.2) is 30.6 Å². The number of alkyl halides is 3. The van der Waals surface area contributed by atoms with Crippen molar-refractivity contribution in [1.82, 2.24) is 9.97 Å². The van der Waals surface area contributed by atoms with Crippen LogP contribution in [0.25, 0.3) is 0 Å². The average molecular weight is 355 g/mol. The van der Waals surface area contributed by atoms with Gasteiger partial charge in [0.05, 0.1) is 10.5 Å². The summed E-state index contributed by atoms with van der Waals surface area (Å²) >= 11 is 0. The fourth-order valence-electron chi connectivity index (χ4n) is 2.04. The van der Waals surface area contributed by atoms with Crippen LogP contribution in [0.1, 0.15) is 25.3 Å². The molecule has 0 unspecified atom stereocenters. The molecule has 0 radical (unpaired) electrons. The topological polar surface area (TPSA) is 93.0 Å². The summed E-state index contributed by atoms with van der Waals surface area (Å²) in [5.74, 6) is -0.0402. The van der Waals surface area contributed by atoms with Gasteiger partial charge in [-0.05, 0) is 30.7 Å². The zero-order chi connectivity index (χ0) is 18.4. The van der Waals surface area contributed by atoms with Gasteiger partial charge < -0.3 is 10.6 Å². The molecule has 25 heavy (non-hydrogen) atoms. The first-order valence-corrected chi connectivity index (χ1v) is 7.50. The molecule has 0 aliphatic rings. The number of nitrogens with zero attached hydrogens (tertiary/aromatic N) is 3. The van der Waals surface area contributed by atoms with Gasteiger partial charge in [-0.25, -0.2) is 9.97 Å². The van der Waals surface area contributed by atoms with E-state index in [4.69, 9.17) is 0 Å². The molecule has 7 nitrogen and oxygen atoms in total. The number of anilines is 3. The Morgan fingerprint density at radius 3 is 2.36 bits per heavy atom. The summed E-state index contributed by atoms with van der Waals surface area (Å²) in [5, 5.41) is 16.9. The lowest BCUT2D eigenvalue weighted by molar-refractivity contribution is -0.383. The highest BCUT2D eigenvalue weighted by Gasteiger charge is 2.30. The first-order valence-electron chi connectivity index (χ1n) is 7.50. The molecule has 0 saturated carbocycles. The van der Waals surface area contributed by atoms with Gasteiger partial charge in [-0.1, -0.05) is 13.3 Å². The van der Waals surface area contributed by atoms with E-state index < -0.39 is 16.7 Å². The molecule has 1 aromatic heterocycles. The predicted octanol–water partition coefficient (Wildman–Crippen LogP) is 4.36. The lowest BCUT2D eigenvalue weighted by atomic mass is 10.2. The molecule has 134 valence electrons. The number of unbranched alkanes of at least 4 members (excludes halogenated alkanes) is 1. The summed E-state index contributed by atoms with van der Waals surface area (Å²) < 4.78 is 37.7. The van der Waals surface area contributed by atoms with Gasteiger partial charge in [0.25, 0.3) is 0 Å². The summed E-state index contributed by atoms with van der Waals surface area (Å²) in [6.45, 7) is 2.49. The van der Waals surface area contributed by atoms with Crippen molar-refractivity contribution in [2.24, 2.45) is 0 Å². The van der Waals surface area contributed by atoms with Crippen LogP contribution in [0.2, 0.25) is 0 Å². The van der Waals surface area contributed by atoms with Crippen molar-refractivity contribution in [3.63, 3.8) is 0 Å². The smallest absolute Gasteiger partial charge is 0.364 e. The molecule has 2 aromatic rings. The molecule has 0 spiro atoms.